The molecule has 0 fully saturated rings. The van der Waals surface area contributed by atoms with Crippen molar-refractivity contribution in [3.63, 3.8) is 0 Å². The van der Waals surface area contributed by atoms with Gasteiger partial charge in [-0.05, 0) is 50.2 Å². The maximum atomic E-state index is 13.1. The van der Waals surface area contributed by atoms with Crippen molar-refractivity contribution >= 4 is 34.3 Å². The van der Waals surface area contributed by atoms with Crippen LogP contribution in [0, 0.1) is 20.8 Å². The molecule has 6 nitrogen and oxygen atoms in total. The third-order valence-corrected chi connectivity index (χ3v) is 5.26. The second kappa shape index (κ2) is 6.80. The number of aryl methyl sites for hydroxylation is 2. The molecule has 0 aliphatic heterocycles. The van der Waals surface area contributed by atoms with Crippen LogP contribution in [0.2, 0.25) is 5.02 Å². The Bertz CT molecular complexity index is 1210. The first-order valence-corrected chi connectivity index (χ1v) is 9.20. The first-order chi connectivity index (χ1) is 13.3. The van der Waals surface area contributed by atoms with Gasteiger partial charge < -0.3 is 9.32 Å². The van der Waals surface area contributed by atoms with Crippen LogP contribution in [0.25, 0.3) is 16.8 Å². The van der Waals surface area contributed by atoms with Crippen LogP contribution in [0.1, 0.15) is 27.6 Å². The summed E-state index contributed by atoms with van der Waals surface area (Å²) in [4.78, 5) is 19.0. The van der Waals surface area contributed by atoms with E-state index in [0.29, 0.717) is 22.1 Å². The normalized spacial score (nSPS) is 11.2. The van der Waals surface area contributed by atoms with Crippen LogP contribution in [0.5, 0.6) is 0 Å². The van der Waals surface area contributed by atoms with Crippen molar-refractivity contribution in [1.29, 1.82) is 0 Å². The number of amides is 1. The van der Waals surface area contributed by atoms with Crippen molar-refractivity contribution in [2.24, 2.45) is 0 Å². The Balaban J connectivity index is 1.67. The van der Waals surface area contributed by atoms with E-state index in [0.717, 1.165) is 28.3 Å². The second-order valence-corrected chi connectivity index (χ2v) is 7.07. The van der Waals surface area contributed by atoms with Crippen molar-refractivity contribution in [1.82, 2.24) is 14.8 Å². The van der Waals surface area contributed by atoms with Gasteiger partial charge in [0.1, 0.15) is 5.52 Å². The van der Waals surface area contributed by atoms with Crippen LogP contribution < -0.4 is 4.90 Å². The predicted octanol–water partition coefficient (Wildman–Crippen LogP) is 4.87. The number of oxazole rings is 1. The molecule has 2 heterocycles. The van der Waals surface area contributed by atoms with Gasteiger partial charge in [0.25, 0.3) is 5.91 Å². The molecule has 2 aromatic carbocycles. The quantitative estimate of drug-likeness (QED) is 0.497. The number of fused-ring (bicyclic) bond motifs is 1. The molecule has 1 amide bonds. The van der Waals surface area contributed by atoms with Gasteiger partial charge in [0.2, 0.25) is 0 Å². The molecule has 0 aliphatic rings. The third kappa shape index (κ3) is 3.05. The average Bonchev–Trinajstić information content (AvgIpc) is 3.19. The number of hydrogen-bond donors (Lipinski definition) is 0. The molecular formula is C21H19ClN4O2. The van der Waals surface area contributed by atoms with Gasteiger partial charge >= 0.3 is 0 Å². The van der Waals surface area contributed by atoms with Crippen molar-refractivity contribution in [2.45, 2.75) is 20.8 Å². The van der Waals surface area contributed by atoms with Crippen LogP contribution in [0.3, 0.4) is 0 Å². The van der Waals surface area contributed by atoms with Crippen LogP contribution >= 0.6 is 11.6 Å². The van der Waals surface area contributed by atoms with E-state index in [9.17, 15) is 4.79 Å². The molecule has 0 radical (unpaired) electrons. The molecule has 0 bridgehead atoms. The van der Waals surface area contributed by atoms with Gasteiger partial charge in [-0.2, -0.15) is 5.10 Å². The van der Waals surface area contributed by atoms with Crippen molar-refractivity contribution in [3.8, 4) is 5.69 Å². The molecule has 0 spiro atoms. The molecule has 28 heavy (non-hydrogen) atoms. The lowest BCUT2D eigenvalue weighted by atomic mass is 10.1. The van der Waals surface area contributed by atoms with Crippen LogP contribution in [-0.4, -0.2) is 27.7 Å². The maximum Gasteiger partial charge on any atom is 0.258 e. The molecule has 7 heteroatoms. The molecule has 4 aromatic rings. The number of carbonyl (C=O) groups is 1. The lowest BCUT2D eigenvalue weighted by Gasteiger charge is -2.18. The van der Waals surface area contributed by atoms with E-state index in [2.05, 4.69) is 10.1 Å². The summed E-state index contributed by atoms with van der Waals surface area (Å²) in [5, 5.41) is 5.09. The summed E-state index contributed by atoms with van der Waals surface area (Å²) in [6.07, 6.45) is 0. The van der Waals surface area contributed by atoms with E-state index in [1.54, 1.807) is 29.6 Å². The largest absolute Gasteiger partial charge is 0.441 e. The van der Waals surface area contributed by atoms with E-state index in [1.165, 1.54) is 0 Å². The Hall–Kier alpha value is -3.12. The summed E-state index contributed by atoms with van der Waals surface area (Å²) in [5.41, 5.74) is 5.10. The number of aromatic nitrogens is 3. The molecule has 0 N–H and O–H groups in total. The highest BCUT2D eigenvalue weighted by molar-refractivity contribution is 6.31. The van der Waals surface area contributed by atoms with Gasteiger partial charge in [-0.25, -0.2) is 9.67 Å². The lowest BCUT2D eigenvalue weighted by Crippen LogP contribution is -2.26. The highest BCUT2D eigenvalue weighted by atomic mass is 35.5. The highest BCUT2D eigenvalue weighted by Crippen LogP contribution is 2.25. The smallest absolute Gasteiger partial charge is 0.258 e. The lowest BCUT2D eigenvalue weighted by molar-refractivity contribution is 0.0993. The number of benzene rings is 2. The van der Waals surface area contributed by atoms with Crippen LogP contribution in [-0.2, 0) is 0 Å². The number of nitrogens with zero attached hydrogens (tertiary/aromatic N) is 4. The molecule has 2 aromatic heterocycles. The van der Waals surface area contributed by atoms with E-state index in [4.69, 9.17) is 16.0 Å². The summed E-state index contributed by atoms with van der Waals surface area (Å²) in [6, 6.07) is 12.8. The average molecular weight is 395 g/mol. The van der Waals surface area contributed by atoms with E-state index < -0.39 is 0 Å². The minimum Gasteiger partial charge on any atom is -0.441 e. The predicted molar refractivity (Wildman–Crippen MR) is 110 cm³/mol. The number of hydrogen-bond acceptors (Lipinski definition) is 4. The SMILES string of the molecule is Cc1nc2cc(N(C)C(=O)c3cccc(-n4nc(C)c(Cl)c4C)c3)ccc2o1. The molecule has 142 valence electrons. The maximum absolute atomic E-state index is 13.1. The summed E-state index contributed by atoms with van der Waals surface area (Å²) >= 11 is 6.26. The monoisotopic (exact) mass is 394 g/mol. The van der Waals surface area contributed by atoms with Gasteiger partial charge in [-0.15, -0.1) is 0 Å². The zero-order chi connectivity index (χ0) is 20.0. The minimum absolute atomic E-state index is 0.131. The van der Waals surface area contributed by atoms with Gasteiger partial charge in [-0.3, -0.25) is 4.79 Å². The molecule has 0 aliphatic carbocycles. The van der Waals surface area contributed by atoms with E-state index in [-0.39, 0.29) is 5.91 Å². The minimum atomic E-state index is -0.131. The number of carbonyl (C=O) groups excluding carboxylic acids is 1. The molecule has 0 saturated heterocycles. The zero-order valence-corrected chi connectivity index (χ0v) is 16.8. The summed E-state index contributed by atoms with van der Waals surface area (Å²) < 4.78 is 7.25. The van der Waals surface area contributed by atoms with Gasteiger partial charge in [-0.1, -0.05) is 17.7 Å². The second-order valence-electron chi connectivity index (χ2n) is 6.70. The van der Waals surface area contributed by atoms with E-state index in [1.807, 2.05) is 50.2 Å². The van der Waals surface area contributed by atoms with Crippen LogP contribution in [0.15, 0.2) is 46.9 Å². The molecular weight excluding hydrogens is 376 g/mol. The van der Waals surface area contributed by atoms with Gasteiger partial charge in [0.05, 0.1) is 22.1 Å². The van der Waals surface area contributed by atoms with Crippen molar-refractivity contribution in [3.05, 3.63) is 70.3 Å². The number of anilines is 1. The summed E-state index contributed by atoms with van der Waals surface area (Å²) in [6.45, 7) is 5.56. The Morgan fingerprint density at radius 2 is 1.93 bits per heavy atom. The Morgan fingerprint density at radius 1 is 1.14 bits per heavy atom. The summed E-state index contributed by atoms with van der Waals surface area (Å²) in [7, 11) is 1.74. The topological polar surface area (TPSA) is 64.2 Å². The first-order valence-electron chi connectivity index (χ1n) is 8.82. The first kappa shape index (κ1) is 18.3. The standard InChI is InChI=1S/C21H19ClN4O2/c1-12-20(22)13(2)26(24-12)17-7-5-6-15(10-17)21(27)25(4)16-8-9-19-18(11-16)23-14(3)28-19/h5-11H,1-4H3. The fourth-order valence-corrected chi connectivity index (χ4v) is 3.31. The number of halogens is 1. The number of rotatable bonds is 3. The fraction of sp³-hybridized carbons (Fsp3) is 0.190. The zero-order valence-electron chi connectivity index (χ0n) is 16.0. The van der Waals surface area contributed by atoms with E-state index >= 15 is 0 Å². The van der Waals surface area contributed by atoms with Crippen LogP contribution in [0.4, 0.5) is 5.69 Å². The Morgan fingerprint density at radius 3 is 2.64 bits per heavy atom. The Labute approximate surface area is 167 Å². The van der Waals surface area contributed by atoms with Gasteiger partial charge in [0.15, 0.2) is 11.5 Å². The molecule has 0 saturated carbocycles. The fourth-order valence-electron chi connectivity index (χ4n) is 3.20. The molecule has 4 rings (SSSR count). The highest BCUT2D eigenvalue weighted by Gasteiger charge is 2.17. The van der Waals surface area contributed by atoms with Gasteiger partial charge in [0, 0.05) is 25.2 Å². The molecule has 0 unspecified atom stereocenters. The molecule has 0 atom stereocenters. The van der Waals surface area contributed by atoms with Crippen molar-refractivity contribution in [2.75, 3.05) is 11.9 Å². The Kier molecular flexibility index (Phi) is 4.43. The summed E-state index contributed by atoms with van der Waals surface area (Å²) in [5.74, 6) is 0.464. The third-order valence-electron chi connectivity index (χ3n) is 4.71. The van der Waals surface area contributed by atoms with Crippen molar-refractivity contribution < 1.29 is 9.21 Å².